The topological polar surface area (TPSA) is 88.3 Å². The summed E-state index contributed by atoms with van der Waals surface area (Å²) >= 11 is 12.4. The number of aromatic nitrogens is 1. The van der Waals surface area contributed by atoms with Crippen molar-refractivity contribution in [2.45, 2.75) is 39.2 Å². The van der Waals surface area contributed by atoms with Gasteiger partial charge in [0.25, 0.3) is 5.91 Å². The number of carbonyl (C=O) groups is 1. The van der Waals surface area contributed by atoms with E-state index in [0.717, 1.165) is 40.6 Å². The molecule has 0 fully saturated rings. The van der Waals surface area contributed by atoms with Crippen LogP contribution in [0.25, 0.3) is 10.9 Å². The molecule has 9 heteroatoms. The van der Waals surface area contributed by atoms with E-state index in [1.165, 1.54) is 0 Å². The molecule has 0 atom stereocenters. The van der Waals surface area contributed by atoms with Gasteiger partial charge in [-0.25, -0.2) is 13.1 Å². The van der Waals surface area contributed by atoms with Crippen molar-refractivity contribution in [1.82, 2.24) is 9.71 Å². The predicted molar refractivity (Wildman–Crippen MR) is 129 cm³/mol. The first-order chi connectivity index (χ1) is 15.2. The smallest absolute Gasteiger partial charge is 0.264 e. The maximum atomic E-state index is 12.7. The Morgan fingerprint density at radius 1 is 1.12 bits per heavy atom. The lowest BCUT2D eigenvalue weighted by Crippen LogP contribution is -2.32. The number of aromatic amines is 1. The molecule has 0 radical (unpaired) electrons. The van der Waals surface area contributed by atoms with Crippen LogP contribution in [0.2, 0.25) is 10.0 Å². The van der Waals surface area contributed by atoms with Crippen LogP contribution in [-0.2, 0) is 27.8 Å². The first-order valence-corrected chi connectivity index (χ1v) is 12.8. The summed E-state index contributed by atoms with van der Waals surface area (Å²) in [5.74, 6) is -0.717. The van der Waals surface area contributed by atoms with Crippen molar-refractivity contribution in [2.75, 3.05) is 12.9 Å². The Morgan fingerprint density at radius 3 is 2.59 bits per heavy atom. The molecule has 2 aromatic carbocycles. The monoisotopic (exact) mass is 496 g/mol. The first-order valence-electron chi connectivity index (χ1n) is 10.3. The Hall–Kier alpha value is -2.06. The summed E-state index contributed by atoms with van der Waals surface area (Å²) in [6.45, 7) is 2.34. The van der Waals surface area contributed by atoms with E-state index in [1.807, 2.05) is 13.0 Å². The van der Waals surface area contributed by atoms with Crippen molar-refractivity contribution in [3.8, 4) is 0 Å². The Morgan fingerprint density at radius 2 is 1.91 bits per heavy atom. The number of hydrogen-bond donors (Lipinski definition) is 2. The van der Waals surface area contributed by atoms with E-state index >= 15 is 0 Å². The van der Waals surface area contributed by atoms with E-state index < -0.39 is 15.9 Å². The standard InChI is InChI=1S/C23H26Cl2N2O4S/c1-3-4-5-10-32(29,30)27-23(28)16-7-9-21-18(12-16)19(22(26-21)14-31-2)11-15-6-8-17(24)13-20(15)25/h6-9,12-13,26H,3-5,10-11,14H2,1-2H3,(H,27,28). The van der Waals surface area contributed by atoms with Crippen molar-refractivity contribution < 1.29 is 17.9 Å². The van der Waals surface area contributed by atoms with E-state index in [-0.39, 0.29) is 11.3 Å². The molecule has 0 bridgehead atoms. The number of nitrogens with one attached hydrogen (secondary N) is 2. The average molecular weight is 497 g/mol. The zero-order chi connectivity index (χ0) is 23.3. The summed E-state index contributed by atoms with van der Waals surface area (Å²) in [5, 5.41) is 1.90. The minimum Gasteiger partial charge on any atom is -0.378 e. The number of hydrogen-bond acceptors (Lipinski definition) is 4. The molecule has 0 saturated carbocycles. The third-order valence-electron chi connectivity index (χ3n) is 5.19. The first kappa shape index (κ1) is 24.6. The molecular formula is C23H26Cl2N2O4S. The van der Waals surface area contributed by atoms with Gasteiger partial charge in [0.2, 0.25) is 10.0 Å². The summed E-state index contributed by atoms with van der Waals surface area (Å²) in [5.41, 5.74) is 3.75. The molecule has 172 valence electrons. The second-order valence-electron chi connectivity index (χ2n) is 7.65. The van der Waals surface area contributed by atoms with Gasteiger partial charge in [0.1, 0.15) is 0 Å². The van der Waals surface area contributed by atoms with E-state index in [9.17, 15) is 13.2 Å². The van der Waals surface area contributed by atoms with Crippen LogP contribution in [-0.4, -0.2) is 32.2 Å². The largest absolute Gasteiger partial charge is 0.378 e. The maximum absolute atomic E-state index is 12.7. The van der Waals surface area contributed by atoms with Gasteiger partial charge in [0, 0.05) is 45.7 Å². The molecule has 1 amide bonds. The summed E-state index contributed by atoms with van der Waals surface area (Å²) < 4.78 is 32.0. The van der Waals surface area contributed by atoms with Gasteiger partial charge in [-0.2, -0.15) is 0 Å². The second kappa shape index (κ2) is 10.7. The SMILES string of the molecule is CCCCCS(=O)(=O)NC(=O)c1ccc2[nH]c(COC)c(Cc3ccc(Cl)cc3Cl)c2c1. The number of H-pyrrole nitrogens is 1. The van der Waals surface area contributed by atoms with Gasteiger partial charge < -0.3 is 9.72 Å². The van der Waals surface area contributed by atoms with Crippen LogP contribution in [0.1, 0.15) is 53.4 Å². The number of fused-ring (bicyclic) bond motifs is 1. The molecule has 6 nitrogen and oxygen atoms in total. The highest BCUT2D eigenvalue weighted by atomic mass is 35.5. The van der Waals surface area contributed by atoms with E-state index in [0.29, 0.717) is 29.5 Å². The van der Waals surface area contributed by atoms with Gasteiger partial charge in [-0.3, -0.25) is 4.79 Å². The fraction of sp³-hybridized carbons (Fsp3) is 0.348. The third kappa shape index (κ3) is 6.04. The number of amides is 1. The average Bonchev–Trinajstić information content (AvgIpc) is 3.06. The fourth-order valence-corrected chi connectivity index (χ4v) is 5.12. The molecule has 0 aliphatic carbocycles. The highest BCUT2D eigenvalue weighted by molar-refractivity contribution is 7.90. The third-order valence-corrected chi connectivity index (χ3v) is 7.10. The highest BCUT2D eigenvalue weighted by Crippen LogP contribution is 2.30. The molecule has 1 aromatic heterocycles. The number of sulfonamides is 1. The van der Waals surface area contributed by atoms with Crippen molar-refractivity contribution in [1.29, 1.82) is 0 Å². The number of carbonyl (C=O) groups excluding carboxylic acids is 1. The Bertz CT molecular complexity index is 1220. The molecule has 1 heterocycles. The van der Waals surface area contributed by atoms with Crippen LogP contribution in [0.4, 0.5) is 0 Å². The van der Waals surface area contributed by atoms with Gasteiger partial charge in [-0.05, 0) is 47.9 Å². The molecular weight excluding hydrogens is 471 g/mol. The molecule has 0 spiro atoms. The van der Waals surface area contributed by atoms with Crippen LogP contribution in [0.3, 0.4) is 0 Å². The molecule has 2 N–H and O–H groups in total. The minimum atomic E-state index is -3.68. The van der Waals surface area contributed by atoms with Crippen LogP contribution >= 0.6 is 23.2 Å². The summed E-state index contributed by atoms with van der Waals surface area (Å²) in [6.07, 6.45) is 2.71. The molecule has 3 rings (SSSR count). The fourth-order valence-electron chi connectivity index (χ4n) is 3.56. The summed E-state index contributed by atoms with van der Waals surface area (Å²) in [4.78, 5) is 16.0. The van der Waals surface area contributed by atoms with Gasteiger partial charge in [0.15, 0.2) is 0 Å². The van der Waals surface area contributed by atoms with Crippen LogP contribution < -0.4 is 4.72 Å². The molecule has 3 aromatic rings. The van der Waals surface area contributed by atoms with E-state index in [1.54, 1.807) is 37.4 Å². The van der Waals surface area contributed by atoms with Gasteiger partial charge >= 0.3 is 0 Å². The van der Waals surface area contributed by atoms with Crippen LogP contribution in [0.15, 0.2) is 36.4 Å². The van der Waals surface area contributed by atoms with Crippen molar-refractivity contribution in [3.05, 3.63) is 68.8 Å². The quantitative estimate of drug-likeness (QED) is 0.364. The van der Waals surface area contributed by atoms with Gasteiger partial charge in [0.05, 0.1) is 12.4 Å². The Kier molecular flexibility index (Phi) is 8.22. The lowest BCUT2D eigenvalue weighted by molar-refractivity contribution is 0.0981. The second-order valence-corrected chi connectivity index (χ2v) is 10.3. The zero-order valence-corrected chi connectivity index (χ0v) is 20.3. The Labute approximate surface area is 198 Å². The predicted octanol–water partition coefficient (Wildman–Crippen LogP) is 5.46. The molecule has 0 unspecified atom stereocenters. The molecule has 32 heavy (non-hydrogen) atoms. The number of methoxy groups -OCH3 is 1. The van der Waals surface area contributed by atoms with Gasteiger partial charge in [-0.1, -0.05) is 49.0 Å². The number of unbranched alkanes of at least 4 members (excludes halogenated alkanes) is 2. The van der Waals surface area contributed by atoms with Crippen molar-refractivity contribution in [3.63, 3.8) is 0 Å². The van der Waals surface area contributed by atoms with E-state index in [2.05, 4.69) is 9.71 Å². The molecule has 0 aliphatic heterocycles. The Balaban J connectivity index is 1.94. The minimum absolute atomic E-state index is 0.0721. The maximum Gasteiger partial charge on any atom is 0.264 e. The lowest BCUT2D eigenvalue weighted by atomic mass is 10.0. The summed E-state index contributed by atoms with van der Waals surface area (Å²) in [6, 6.07) is 10.4. The highest BCUT2D eigenvalue weighted by Gasteiger charge is 2.19. The number of halogens is 2. The lowest BCUT2D eigenvalue weighted by Gasteiger charge is -2.09. The van der Waals surface area contributed by atoms with Gasteiger partial charge in [-0.15, -0.1) is 0 Å². The summed E-state index contributed by atoms with van der Waals surface area (Å²) in [7, 11) is -2.08. The molecule has 0 saturated heterocycles. The van der Waals surface area contributed by atoms with Crippen molar-refractivity contribution in [2.24, 2.45) is 0 Å². The number of ether oxygens (including phenoxy) is 1. The van der Waals surface area contributed by atoms with Crippen LogP contribution in [0, 0.1) is 0 Å². The molecule has 0 aliphatic rings. The van der Waals surface area contributed by atoms with Crippen LogP contribution in [0.5, 0.6) is 0 Å². The normalized spacial score (nSPS) is 11.8. The number of benzene rings is 2. The zero-order valence-electron chi connectivity index (χ0n) is 18.0. The number of rotatable bonds is 10. The van der Waals surface area contributed by atoms with E-state index in [4.69, 9.17) is 27.9 Å². The van der Waals surface area contributed by atoms with Crippen molar-refractivity contribution >= 4 is 50.0 Å².